The van der Waals surface area contributed by atoms with Crippen LogP contribution >= 0.6 is 0 Å². The van der Waals surface area contributed by atoms with Crippen molar-refractivity contribution in [3.05, 3.63) is 100 Å². The summed E-state index contributed by atoms with van der Waals surface area (Å²) >= 11 is 0. The van der Waals surface area contributed by atoms with Crippen molar-refractivity contribution in [2.75, 3.05) is 21.3 Å². The third-order valence-corrected chi connectivity index (χ3v) is 7.23. The first-order valence-corrected chi connectivity index (χ1v) is 12.7. The third kappa shape index (κ3) is 4.97. The van der Waals surface area contributed by atoms with Crippen LogP contribution in [0.2, 0.25) is 0 Å². The SMILES string of the molecule is COc1cccc(CN2C(=O)C(O)=CC2(C(=O)c2cc(C(C)(C)C)ccc2C)c2ccc(OC)c(OC)c2)c1. The Balaban J connectivity index is 1.99. The summed E-state index contributed by atoms with van der Waals surface area (Å²) in [6.45, 7) is 8.16. The van der Waals surface area contributed by atoms with E-state index in [4.69, 9.17) is 14.2 Å². The molecule has 0 aliphatic carbocycles. The molecule has 7 nitrogen and oxygen atoms in total. The Morgan fingerprint density at radius 3 is 2.28 bits per heavy atom. The number of methoxy groups -OCH3 is 3. The van der Waals surface area contributed by atoms with Crippen LogP contribution in [-0.4, -0.2) is 43.0 Å². The predicted octanol–water partition coefficient (Wildman–Crippen LogP) is 5.88. The Bertz CT molecular complexity index is 1450. The summed E-state index contributed by atoms with van der Waals surface area (Å²) in [4.78, 5) is 29.7. The Hall–Kier alpha value is -4.26. The normalized spacial score (nSPS) is 17.2. The number of benzene rings is 3. The molecule has 0 saturated carbocycles. The van der Waals surface area contributed by atoms with Gasteiger partial charge in [-0.3, -0.25) is 9.59 Å². The summed E-state index contributed by atoms with van der Waals surface area (Å²) in [6.07, 6.45) is 1.35. The van der Waals surface area contributed by atoms with E-state index in [2.05, 4.69) is 20.8 Å². The van der Waals surface area contributed by atoms with Gasteiger partial charge in [-0.05, 0) is 64.9 Å². The van der Waals surface area contributed by atoms with Crippen LogP contribution < -0.4 is 14.2 Å². The van der Waals surface area contributed by atoms with Gasteiger partial charge in [0.2, 0.25) is 0 Å². The molecular weight excluding hydrogens is 494 g/mol. The number of amides is 1. The van der Waals surface area contributed by atoms with Gasteiger partial charge in [-0.2, -0.15) is 0 Å². The smallest absolute Gasteiger partial charge is 0.290 e. The molecule has 0 radical (unpaired) electrons. The fraction of sp³-hybridized carbons (Fsp3) is 0.312. The van der Waals surface area contributed by atoms with Gasteiger partial charge in [0.1, 0.15) is 5.75 Å². The highest BCUT2D eigenvalue weighted by molar-refractivity contribution is 6.12. The zero-order chi connectivity index (χ0) is 28.5. The van der Waals surface area contributed by atoms with Crippen molar-refractivity contribution < 1.29 is 28.9 Å². The molecule has 3 aromatic rings. The molecule has 1 atom stereocenters. The molecule has 4 rings (SSSR count). The maximum absolute atomic E-state index is 14.8. The van der Waals surface area contributed by atoms with Gasteiger partial charge in [0, 0.05) is 18.2 Å². The summed E-state index contributed by atoms with van der Waals surface area (Å²) in [5.41, 5.74) is 1.56. The molecule has 204 valence electrons. The van der Waals surface area contributed by atoms with E-state index in [1.165, 1.54) is 25.2 Å². The van der Waals surface area contributed by atoms with Crippen LogP contribution in [0.15, 0.2) is 72.5 Å². The van der Waals surface area contributed by atoms with Crippen LogP contribution in [0.5, 0.6) is 17.2 Å². The highest BCUT2D eigenvalue weighted by Gasteiger charge is 2.53. The van der Waals surface area contributed by atoms with E-state index in [1.807, 2.05) is 37.3 Å². The highest BCUT2D eigenvalue weighted by Crippen LogP contribution is 2.44. The van der Waals surface area contributed by atoms with Crippen LogP contribution in [-0.2, 0) is 22.3 Å². The second-order valence-electron chi connectivity index (χ2n) is 10.7. The molecule has 0 spiro atoms. The first-order chi connectivity index (χ1) is 18.5. The van der Waals surface area contributed by atoms with Crippen LogP contribution in [0.4, 0.5) is 0 Å². The van der Waals surface area contributed by atoms with Gasteiger partial charge in [-0.15, -0.1) is 0 Å². The van der Waals surface area contributed by atoms with Crippen molar-refractivity contribution in [2.45, 2.75) is 45.2 Å². The number of hydrogen-bond acceptors (Lipinski definition) is 6. The standard InChI is InChI=1S/C32H35NO6/c1-20-11-12-22(31(2,3)4)16-25(20)29(35)32(23-13-14-27(38-6)28(17-23)39-7)18-26(34)30(36)33(32)19-21-9-8-10-24(15-21)37-5/h8-18,34H,19H2,1-7H3. The lowest BCUT2D eigenvalue weighted by molar-refractivity contribution is -0.131. The number of hydrogen-bond donors (Lipinski definition) is 1. The Kier molecular flexibility index (Phi) is 7.46. The zero-order valence-electron chi connectivity index (χ0n) is 23.5. The van der Waals surface area contributed by atoms with Gasteiger partial charge >= 0.3 is 0 Å². The molecule has 3 aromatic carbocycles. The van der Waals surface area contributed by atoms with Crippen molar-refractivity contribution in [2.24, 2.45) is 0 Å². The molecule has 0 aromatic heterocycles. The maximum atomic E-state index is 14.8. The van der Waals surface area contributed by atoms with E-state index in [0.29, 0.717) is 28.4 Å². The zero-order valence-corrected chi connectivity index (χ0v) is 23.5. The number of ketones is 1. The minimum absolute atomic E-state index is 0.0503. The second-order valence-corrected chi connectivity index (χ2v) is 10.7. The van der Waals surface area contributed by atoms with Crippen molar-refractivity contribution in [1.82, 2.24) is 4.90 Å². The second kappa shape index (κ2) is 10.5. The molecule has 1 amide bonds. The van der Waals surface area contributed by atoms with Gasteiger partial charge in [0.15, 0.2) is 28.6 Å². The number of ether oxygens (including phenoxy) is 3. The minimum Gasteiger partial charge on any atom is -0.503 e. The van der Waals surface area contributed by atoms with Gasteiger partial charge in [0.25, 0.3) is 5.91 Å². The number of aryl methyl sites for hydroxylation is 1. The largest absolute Gasteiger partial charge is 0.503 e. The summed E-state index contributed by atoms with van der Waals surface area (Å²) in [5, 5.41) is 10.9. The highest BCUT2D eigenvalue weighted by atomic mass is 16.5. The maximum Gasteiger partial charge on any atom is 0.290 e. The van der Waals surface area contributed by atoms with Gasteiger partial charge in [0.05, 0.1) is 21.3 Å². The Labute approximate surface area is 229 Å². The predicted molar refractivity (Wildman–Crippen MR) is 150 cm³/mol. The molecule has 1 aliphatic heterocycles. The van der Waals surface area contributed by atoms with Crippen LogP contribution in [0.25, 0.3) is 0 Å². The average Bonchev–Trinajstić information content (AvgIpc) is 3.17. The summed E-state index contributed by atoms with van der Waals surface area (Å²) in [5.74, 6) is 0.0190. The van der Waals surface area contributed by atoms with Crippen molar-refractivity contribution in [3.8, 4) is 17.2 Å². The van der Waals surface area contributed by atoms with E-state index in [0.717, 1.165) is 16.7 Å². The molecule has 1 N–H and O–H groups in total. The number of Topliss-reactive ketones (excluding diaryl/α,β-unsaturated/α-hetero) is 1. The van der Waals surface area contributed by atoms with Crippen molar-refractivity contribution in [1.29, 1.82) is 0 Å². The fourth-order valence-corrected chi connectivity index (χ4v) is 4.96. The number of carbonyl (C=O) groups excluding carboxylic acids is 2. The molecular formula is C32H35NO6. The van der Waals surface area contributed by atoms with Crippen LogP contribution in [0.3, 0.4) is 0 Å². The lowest BCUT2D eigenvalue weighted by Crippen LogP contribution is -2.49. The molecule has 39 heavy (non-hydrogen) atoms. The van der Waals surface area contributed by atoms with E-state index < -0.39 is 17.2 Å². The van der Waals surface area contributed by atoms with E-state index in [-0.39, 0.29) is 17.7 Å². The number of aliphatic hydroxyl groups excluding tert-OH is 1. The Morgan fingerprint density at radius 1 is 0.923 bits per heavy atom. The van der Waals surface area contributed by atoms with Crippen molar-refractivity contribution in [3.63, 3.8) is 0 Å². The third-order valence-electron chi connectivity index (χ3n) is 7.23. The number of carbonyl (C=O) groups is 2. The summed E-state index contributed by atoms with van der Waals surface area (Å²) in [6, 6.07) is 18.2. The van der Waals surface area contributed by atoms with Gasteiger partial charge < -0.3 is 24.2 Å². The van der Waals surface area contributed by atoms with E-state index >= 15 is 0 Å². The molecule has 0 fully saturated rings. The minimum atomic E-state index is -1.65. The summed E-state index contributed by atoms with van der Waals surface area (Å²) in [7, 11) is 4.60. The first kappa shape index (κ1) is 27.8. The Morgan fingerprint density at radius 2 is 1.64 bits per heavy atom. The number of nitrogens with zero attached hydrogens (tertiary/aromatic N) is 1. The van der Waals surface area contributed by atoms with Crippen molar-refractivity contribution >= 4 is 11.7 Å². The number of rotatable bonds is 8. The van der Waals surface area contributed by atoms with E-state index in [1.54, 1.807) is 37.4 Å². The molecule has 7 heteroatoms. The fourth-order valence-electron chi connectivity index (χ4n) is 4.96. The number of aliphatic hydroxyl groups is 1. The quantitative estimate of drug-likeness (QED) is 0.367. The molecule has 0 saturated heterocycles. The molecule has 1 unspecified atom stereocenters. The lowest BCUT2D eigenvalue weighted by atomic mass is 9.78. The monoisotopic (exact) mass is 529 g/mol. The average molecular weight is 530 g/mol. The first-order valence-electron chi connectivity index (χ1n) is 12.7. The lowest BCUT2D eigenvalue weighted by Gasteiger charge is -2.37. The molecule has 1 heterocycles. The summed E-state index contributed by atoms with van der Waals surface area (Å²) < 4.78 is 16.4. The van der Waals surface area contributed by atoms with E-state index in [9.17, 15) is 14.7 Å². The van der Waals surface area contributed by atoms with Gasteiger partial charge in [-0.1, -0.05) is 51.1 Å². The van der Waals surface area contributed by atoms with Gasteiger partial charge in [-0.25, -0.2) is 0 Å². The molecule has 1 aliphatic rings. The molecule has 0 bridgehead atoms. The van der Waals surface area contributed by atoms with Crippen LogP contribution in [0, 0.1) is 6.92 Å². The topological polar surface area (TPSA) is 85.3 Å². The van der Waals surface area contributed by atoms with Crippen LogP contribution in [0.1, 0.15) is 53.4 Å².